The summed E-state index contributed by atoms with van der Waals surface area (Å²) >= 11 is 0. The summed E-state index contributed by atoms with van der Waals surface area (Å²) in [6, 6.07) is 0. The van der Waals surface area contributed by atoms with E-state index in [4.69, 9.17) is 10.2 Å². The molecule has 0 saturated heterocycles. The minimum atomic E-state index is 0.191. The Balaban J connectivity index is 1.81. The SMILES string of the molecule is OCCN(CCO)C[C@H]1C[C@@H]2C=C[C@H]1C2. The quantitative estimate of drug-likeness (QED) is 0.628. The summed E-state index contributed by atoms with van der Waals surface area (Å²) in [7, 11) is 0. The molecule has 0 aromatic carbocycles. The van der Waals surface area contributed by atoms with Gasteiger partial charge in [-0.05, 0) is 30.6 Å². The van der Waals surface area contributed by atoms with Crippen LogP contribution in [-0.2, 0) is 0 Å². The molecule has 15 heavy (non-hydrogen) atoms. The number of rotatable bonds is 6. The molecule has 2 aliphatic carbocycles. The lowest BCUT2D eigenvalue weighted by Gasteiger charge is -2.27. The standard InChI is InChI=1S/C12H21NO2/c14-5-3-13(4-6-15)9-12-8-10-1-2-11(12)7-10/h1-2,10-12,14-15H,3-9H2/t10-,11+,12-/m1/s1. The first-order valence-electron chi connectivity index (χ1n) is 5.96. The molecule has 3 atom stereocenters. The van der Waals surface area contributed by atoms with E-state index in [9.17, 15) is 0 Å². The largest absolute Gasteiger partial charge is 0.395 e. The van der Waals surface area contributed by atoms with Crippen LogP contribution in [0.15, 0.2) is 12.2 Å². The summed E-state index contributed by atoms with van der Waals surface area (Å²) in [5, 5.41) is 17.9. The Morgan fingerprint density at radius 3 is 2.27 bits per heavy atom. The fourth-order valence-electron chi connectivity index (χ4n) is 3.01. The fourth-order valence-corrected chi connectivity index (χ4v) is 3.01. The van der Waals surface area contributed by atoms with Gasteiger partial charge in [-0.25, -0.2) is 0 Å². The zero-order valence-corrected chi connectivity index (χ0v) is 9.18. The van der Waals surface area contributed by atoms with Gasteiger partial charge in [-0.1, -0.05) is 12.2 Å². The van der Waals surface area contributed by atoms with Gasteiger partial charge in [-0.15, -0.1) is 0 Å². The lowest BCUT2D eigenvalue weighted by atomic mass is 9.93. The second-order valence-electron chi connectivity index (χ2n) is 4.79. The third-order valence-electron chi connectivity index (χ3n) is 3.74. The van der Waals surface area contributed by atoms with Gasteiger partial charge < -0.3 is 10.2 Å². The first-order chi connectivity index (χ1) is 7.33. The van der Waals surface area contributed by atoms with Crippen LogP contribution in [0, 0.1) is 17.8 Å². The number of hydrogen-bond acceptors (Lipinski definition) is 3. The molecule has 3 nitrogen and oxygen atoms in total. The Labute approximate surface area is 91.4 Å². The highest BCUT2D eigenvalue weighted by Crippen LogP contribution is 2.43. The molecule has 3 heteroatoms. The van der Waals surface area contributed by atoms with E-state index in [1.807, 2.05) is 0 Å². The first kappa shape index (κ1) is 11.1. The number of aliphatic hydroxyl groups is 2. The molecule has 86 valence electrons. The van der Waals surface area contributed by atoms with E-state index < -0.39 is 0 Å². The highest BCUT2D eigenvalue weighted by atomic mass is 16.3. The summed E-state index contributed by atoms with van der Waals surface area (Å²) < 4.78 is 0. The summed E-state index contributed by atoms with van der Waals surface area (Å²) in [5.41, 5.74) is 0. The Kier molecular flexibility index (Phi) is 3.78. The highest BCUT2D eigenvalue weighted by Gasteiger charge is 2.36. The van der Waals surface area contributed by atoms with Crippen LogP contribution in [0.5, 0.6) is 0 Å². The minimum Gasteiger partial charge on any atom is -0.395 e. The van der Waals surface area contributed by atoms with E-state index in [-0.39, 0.29) is 13.2 Å². The van der Waals surface area contributed by atoms with E-state index in [1.165, 1.54) is 12.8 Å². The second kappa shape index (κ2) is 5.10. The summed E-state index contributed by atoms with van der Waals surface area (Å²) in [6.07, 6.45) is 7.34. The van der Waals surface area contributed by atoms with Crippen molar-refractivity contribution in [3.63, 3.8) is 0 Å². The van der Waals surface area contributed by atoms with Crippen LogP contribution < -0.4 is 0 Å². The Morgan fingerprint density at radius 1 is 1.07 bits per heavy atom. The van der Waals surface area contributed by atoms with Crippen molar-refractivity contribution in [3.8, 4) is 0 Å². The fraction of sp³-hybridized carbons (Fsp3) is 0.833. The van der Waals surface area contributed by atoms with Crippen molar-refractivity contribution in [2.75, 3.05) is 32.8 Å². The predicted molar refractivity (Wildman–Crippen MR) is 59.5 cm³/mol. The Morgan fingerprint density at radius 2 is 1.80 bits per heavy atom. The molecule has 2 bridgehead atoms. The van der Waals surface area contributed by atoms with E-state index >= 15 is 0 Å². The normalized spacial score (nSPS) is 33.1. The van der Waals surface area contributed by atoms with Crippen molar-refractivity contribution in [3.05, 3.63) is 12.2 Å². The molecule has 0 aliphatic heterocycles. The van der Waals surface area contributed by atoms with Crippen molar-refractivity contribution < 1.29 is 10.2 Å². The molecule has 2 aliphatic rings. The lowest BCUT2D eigenvalue weighted by Crippen LogP contribution is -2.35. The zero-order valence-electron chi connectivity index (χ0n) is 9.18. The first-order valence-corrected chi connectivity index (χ1v) is 5.96. The van der Waals surface area contributed by atoms with Crippen molar-refractivity contribution in [2.24, 2.45) is 17.8 Å². The molecule has 1 fully saturated rings. The van der Waals surface area contributed by atoms with Crippen LogP contribution in [0.2, 0.25) is 0 Å². The summed E-state index contributed by atoms with van der Waals surface area (Å²) in [5.74, 6) is 2.32. The van der Waals surface area contributed by atoms with Gasteiger partial charge in [0, 0.05) is 19.6 Å². The molecule has 2 rings (SSSR count). The van der Waals surface area contributed by atoms with E-state index in [0.717, 1.165) is 24.3 Å². The van der Waals surface area contributed by atoms with Crippen molar-refractivity contribution in [2.45, 2.75) is 12.8 Å². The maximum absolute atomic E-state index is 8.93. The molecule has 0 radical (unpaired) electrons. The van der Waals surface area contributed by atoms with Gasteiger partial charge in [-0.2, -0.15) is 0 Å². The van der Waals surface area contributed by atoms with Crippen LogP contribution >= 0.6 is 0 Å². The molecular weight excluding hydrogens is 190 g/mol. The van der Waals surface area contributed by atoms with Gasteiger partial charge in [0.15, 0.2) is 0 Å². The molecule has 0 heterocycles. The molecule has 0 unspecified atom stereocenters. The van der Waals surface area contributed by atoms with Crippen LogP contribution in [0.4, 0.5) is 0 Å². The van der Waals surface area contributed by atoms with Crippen molar-refractivity contribution >= 4 is 0 Å². The predicted octanol–water partition coefficient (Wildman–Crippen LogP) is 0.485. The molecule has 0 aromatic heterocycles. The number of nitrogens with zero attached hydrogens (tertiary/aromatic N) is 1. The van der Waals surface area contributed by atoms with Crippen molar-refractivity contribution in [1.82, 2.24) is 4.90 Å². The van der Waals surface area contributed by atoms with Crippen LogP contribution in [0.3, 0.4) is 0 Å². The van der Waals surface area contributed by atoms with Crippen LogP contribution in [0.25, 0.3) is 0 Å². The average Bonchev–Trinajstić information content (AvgIpc) is 2.80. The van der Waals surface area contributed by atoms with E-state index in [2.05, 4.69) is 17.1 Å². The monoisotopic (exact) mass is 211 g/mol. The smallest absolute Gasteiger partial charge is 0.0558 e. The molecule has 2 N–H and O–H groups in total. The number of hydrogen-bond donors (Lipinski definition) is 2. The summed E-state index contributed by atoms with van der Waals surface area (Å²) in [6.45, 7) is 2.80. The Hall–Kier alpha value is -0.380. The van der Waals surface area contributed by atoms with Crippen LogP contribution in [0.1, 0.15) is 12.8 Å². The molecule has 0 amide bonds. The van der Waals surface area contributed by atoms with Crippen LogP contribution in [-0.4, -0.2) is 48.0 Å². The zero-order chi connectivity index (χ0) is 10.7. The molecule has 0 spiro atoms. The van der Waals surface area contributed by atoms with Gasteiger partial charge in [0.05, 0.1) is 13.2 Å². The van der Waals surface area contributed by atoms with Gasteiger partial charge >= 0.3 is 0 Å². The second-order valence-corrected chi connectivity index (χ2v) is 4.79. The minimum absolute atomic E-state index is 0.191. The summed E-state index contributed by atoms with van der Waals surface area (Å²) in [4.78, 5) is 2.18. The van der Waals surface area contributed by atoms with Gasteiger partial charge in [0.2, 0.25) is 0 Å². The Bertz CT molecular complexity index is 224. The number of fused-ring (bicyclic) bond motifs is 2. The molecule has 0 aromatic rings. The van der Waals surface area contributed by atoms with E-state index in [1.54, 1.807) is 0 Å². The third-order valence-corrected chi connectivity index (χ3v) is 3.74. The molecule has 1 saturated carbocycles. The number of allylic oxidation sites excluding steroid dienone is 2. The van der Waals surface area contributed by atoms with Gasteiger partial charge in [0.25, 0.3) is 0 Å². The van der Waals surface area contributed by atoms with Gasteiger partial charge in [0.1, 0.15) is 0 Å². The average molecular weight is 211 g/mol. The van der Waals surface area contributed by atoms with E-state index in [0.29, 0.717) is 13.1 Å². The maximum Gasteiger partial charge on any atom is 0.0558 e. The maximum atomic E-state index is 8.93. The third kappa shape index (κ3) is 2.60. The molecular formula is C12H21NO2. The lowest BCUT2D eigenvalue weighted by molar-refractivity contribution is 0.138. The highest BCUT2D eigenvalue weighted by molar-refractivity contribution is 5.10. The van der Waals surface area contributed by atoms with Crippen molar-refractivity contribution in [1.29, 1.82) is 0 Å². The topological polar surface area (TPSA) is 43.7 Å². The number of aliphatic hydroxyl groups excluding tert-OH is 2. The van der Waals surface area contributed by atoms with Gasteiger partial charge in [-0.3, -0.25) is 4.90 Å².